The number of amides is 1. The van der Waals surface area contributed by atoms with Crippen LogP contribution in [-0.2, 0) is 4.79 Å². The second-order valence-corrected chi connectivity index (χ2v) is 9.43. The van der Waals surface area contributed by atoms with Crippen molar-refractivity contribution in [2.45, 2.75) is 13.8 Å². The third-order valence-corrected chi connectivity index (χ3v) is 6.88. The minimum Gasteiger partial charge on any atom is -0.495 e. The summed E-state index contributed by atoms with van der Waals surface area (Å²) in [7, 11) is 1.53. The Bertz CT molecular complexity index is 1250. The fraction of sp³-hybridized carbons (Fsp3) is 0.174. The first kappa shape index (κ1) is 22.4. The van der Waals surface area contributed by atoms with Gasteiger partial charge < -0.3 is 9.72 Å². The fourth-order valence-electron chi connectivity index (χ4n) is 3.34. The predicted octanol–water partition coefficient (Wildman–Crippen LogP) is 5.71. The Kier molecular flexibility index (Phi) is 6.55. The molecule has 1 aliphatic rings. The lowest BCUT2D eigenvalue weighted by Gasteiger charge is -2.18. The van der Waals surface area contributed by atoms with Gasteiger partial charge in [0, 0.05) is 21.8 Å². The number of aromatic amines is 1. The number of halogens is 1. The monoisotopic (exact) mass is 485 g/mol. The highest BCUT2D eigenvalue weighted by molar-refractivity contribution is 8.14. The zero-order valence-electron chi connectivity index (χ0n) is 17.6. The first-order valence-electron chi connectivity index (χ1n) is 9.71. The molecule has 6 nitrogen and oxygen atoms in total. The minimum atomic E-state index is -0.275. The van der Waals surface area contributed by atoms with Gasteiger partial charge in [0.2, 0.25) is 0 Å². The van der Waals surface area contributed by atoms with Crippen molar-refractivity contribution in [2.24, 2.45) is 4.99 Å². The third kappa shape index (κ3) is 4.53. The third-order valence-electron chi connectivity index (χ3n) is 4.83. The molecule has 0 fully saturated rings. The van der Waals surface area contributed by atoms with Crippen LogP contribution in [0.2, 0.25) is 5.02 Å². The summed E-state index contributed by atoms with van der Waals surface area (Å²) in [5.74, 6) is 0.353. The summed E-state index contributed by atoms with van der Waals surface area (Å²) >= 11 is 9.04. The van der Waals surface area contributed by atoms with Crippen LogP contribution in [-0.4, -0.2) is 34.7 Å². The first-order chi connectivity index (χ1) is 15.4. The average molecular weight is 486 g/mol. The van der Waals surface area contributed by atoms with E-state index in [1.54, 1.807) is 24.3 Å². The number of thioether (sulfide) groups is 1. The molecule has 0 aliphatic carbocycles. The van der Waals surface area contributed by atoms with E-state index in [0.717, 1.165) is 16.3 Å². The molecule has 0 bridgehead atoms. The molecule has 3 heterocycles. The van der Waals surface area contributed by atoms with Crippen molar-refractivity contribution in [3.05, 3.63) is 74.3 Å². The van der Waals surface area contributed by atoms with Crippen LogP contribution in [0.25, 0.3) is 6.08 Å². The van der Waals surface area contributed by atoms with Gasteiger partial charge in [-0.3, -0.25) is 14.5 Å². The summed E-state index contributed by atoms with van der Waals surface area (Å²) < 4.78 is 5.22. The molecule has 3 aromatic rings. The van der Waals surface area contributed by atoms with Crippen LogP contribution in [0, 0.1) is 13.8 Å². The van der Waals surface area contributed by atoms with Crippen LogP contribution in [0.15, 0.2) is 52.5 Å². The van der Waals surface area contributed by atoms with Crippen LogP contribution < -0.4 is 9.64 Å². The highest BCUT2D eigenvalue weighted by Gasteiger charge is 2.33. The van der Waals surface area contributed by atoms with E-state index in [-0.39, 0.29) is 17.4 Å². The highest BCUT2D eigenvalue weighted by atomic mass is 35.5. The second kappa shape index (κ2) is 9.36. The lowest BCUT2D eigenvalue weighted by molar-refractivity contribution is -0.113. The number of thiophene rings is 1. The van der Waals surface area contributed by atoms with E-state index in [1.807, 2.05) is 37.4 Å². The Morgan fingerprint density at radius 3 is 2.75 bits per heavy atom. The van der Waals surface area contributed by atoms with E-state index >= 15 is 0 Å². The van der Waals surface area contributed by atoms with E-state index in [9.17, 15) is 9.59 Å². The number of nitrogens with zero attached hydrogens (tertiary/aromatic N) is 2. The topological polar surface area (TPSA) is 74.8 Å². The van der Waals surface area contributed by atoms with Crippen molar-refractivity contribution >= 4 is 63.3 Å². The minimum absolute atomic E-state index is 0.0320. The van der Waals surface area contributed by atoms with E-state index in [2.05, 4.69) is 9.98 Å². The maximum Gasteiger partial charge on any atom is 0.283 e. The molecule has 0 atom stereocenters. The van der Waals surface area contributed by atoms with Gasteiger partial charge in [-0.2, -0.15) is 0 Å². The van der Waals surface area contributed by atoms with Gasteiger partial charge in [-0.1, -0.05) is 29.4 Å². The highest BCUT2D eigenvalue weighted by Crippen LogP contribution is 2.34. The first-order valence-corrected chi connectivity index (χ1v) is 12.0. The molecule has 0 unspecified atom stereocenters. The summed E-state index contributed by atoms with van der Waals surface area (Å²) in [6.07, 6.45) is 1.75. The number of rotatable bonds is 6. The molecule has 1 aliphatic heterocycles. The van der Waals surface area contributed by atoms with Gasteiger partial charge >= 0.3 is 0 Å². The zero-order valence-corrected chi connectivity index (χ0v) is 20.0. The number of ether oxygens (including phenoxy) is 1. The van der Waals surface area contributed by atoms with Gasteiger partial charge in [0.25, 0.3) is 5.91 Å². The maximum absolute atomic E-state index is 13.3. The smallest absolute Gasteiger partial charge is 0.283 e. The van der Waals surface area contributed by atoms with Crippen LogP contribution in [0.5, 0.6) is 5.75 Å². The molecule has 0 saturated carbocycles. The Morgan fingerprint density at radius 1 is 1.31 bits per heavy atom. The summed E-state index contributed by atoms with van der Waals surface area (Å²) in [6.45, 7) is 3.78. The number of carbonyl (C=O) groups is 2. The van der Waals surface area contributed by atoms with Gasteiger partial charge in [0.15, 0.2) is 11.0 Å². The van der Waals surface area contributed by atoms with E-state index < -0.39 is 0 Å². The summed E-state index contributed by atoms with van der Waals surface area (Å²) in [4.78, 5) is 36.1. The van der Waals surface area contributed by atoms with Crippen molar-refractivity contribution in [1.29, 1.82) is 0 Å². The number of nitrogens with one attached hydrogen (secondary N) is 1. The number of ketones is 1. The molecule has 4 rings (SSSR count). The predicted molar refractivity (Wildman–Crippen MR) is 132 cm³/mol. The Hall–Kier alpha value is -2.81. The van der Waals surface area contributed by atoms with Gasteiger partial charge in [0.1, 0.15) is 11.4 Å². The summed E-state index contributed by atoms with van der Waals surface area (Å²) in [6, 6.07) is 10.8. The molecule has 9 heteroatoms. The molecule has 1 aromatic carbocycles. The van der Waals surface area contributed by atoms with Crippen molar-refractivity contribution in [2.75, 3.05) is 17.8 Å². The molecule has 2 aromatic heterocycles. The second-order valence-electron chi connectivity index (χ2n) is 7.10. The Labute approximate surface area is 199 Å². The molecule has 0 radical (unpaired) electrons. The zero-order chi connectivity index (χ0) is 22.8. The molecule has 164 valence electrons. The fourth-order valence-corrected chi connectivity index (χ4v) is 5.14. The number of anilines is 1. The van der Waals surface area contributed by atoms with Crippen molar-refractivity contribution < 1.29 is 14.3 Å². The lowest BCUT2D eigenvalue weighted by Crippen LogP contribution is -2.30. The van der Waals surface area contributed by atoms with Crippen molar-refractivity contribution in [3.63, 3.8) is 0 Å². The van der Waals surface area contributed by atoms with Crippen molar-refractivity contribution in [1.82, 2.24) is 4.98 Å². The summed E-state index contributed by atoms with van der Waals surface area (Å²) in [5, 5.41) is 2.75. The molecule has 1 N–H and O–H groups in total. The number of aromatic nitrogens is 1. The van der Waals surface area contributed by atoms with Crippen LogP contribution >= 0.6 is 34.7 Å². The molecular weight excluding hydrogens is 466 g/mol. The van der Waals surface area contributed by atoms with Crippen LogP contribution in [0.3, 0.4) is 0 Å². The number of Topliss-reactive ketones (excluding diaryl/α,β-unsaturated/α-hetero) is 1. The van der Waals surface area contributed by atoms with E-state index in [1.165, 1.54) is 35.1 Å². The standard InChI is InChI=1S/C23H20ClN3O3S2/c1-13-9-17(14(2)25-13)20(28)12-32-23-26-19(11-16-5-4-8-31-16)22(29)27(23)15-6-7-21(30-3)18(24)10-15/h4-11,25H,12H2,1-3H3/b19-11+. The number of H-pyrrole nitrogens is 1. The Balaban J connectivity index is 1.65. The number of carbonyl (C=O) groups excluding carboxylic acids is 2. The van der Waals surface area contributed by atoms with Gasteiger partial charge in [-0.15, -0.1) is 11.3 Å². The van der Waals surface area contributed by atoms with Crippen molar-refractivity contribution in [3.8, 4) is 5.75 Å². The lowest BCUT2D eigenvalue weighted by atomic mass is 10.2. The molecular formula is C23H20ClN3O3S2. The van der Waals surface area contributed by atoms with E-state index in [0.29, 0.717) is 32.9 Å². The van der Waals surface area contributed by atoms with Crippen LogP contribution in [0.1, 0.15) is 26.6 Å². The molecule has 0 saturated heterocycles. The maximum atomic E-state index is 13.3. The average Bonchev–Trinajstić information content (AvgIpc) is 3.46. The number of benzene rings is 1. The van der Waals surface area contributed by atoms with Gasteiger partial charge in [-0.05, 0) is 55.6 Å². The normalized spacial score (nSPS) is 14.9. The number of hydrogen-bond acceptors (Lipinski definition) is 6. The largest absolute Gasteiger partial charge is 0.495 e. The number of methoxy groups -OCH3 is 1. The van der Waals surface area contributed by atoms with E-state index in [4.69, 9.17) is 16.3 Å². The molecule has 32 heavy (non-hydrogen) atoms. The van der Waals surface area contributed by atoms with Crippen LogP contribution in [0.4, 0.5) is 5.69 Å². The number of amidine groups is 1. The SMILES string of the molecule is COc1ccc(N2C(=O)/C(=C\c3cccs3)N=C2SCC(=O)c2cc(C)[nH]c2C)cc1Cl. The number of aliphatic imine (C=N–C) groups is 1. The Morgan fingerprint density at radius 2 is 2.12 bits per heavy atom. The molecule has 1 amide bonds. The quantitative estimate of drug-likeness (QED) is 0.358. The molecule has 0 spiro atoms. The van der Waals surface area contributed by atoms with Gasteiger partial charge in [-0.25, -0.2) is 4.99 Å². The number of aryl methyl sites for hydroxylation is 2. The van der Waals surface area contributed by atoms with Gasteiger partial charge in [0.05, 0.1) is 23.6 Å². The number of hydrogen-bond donors (Lipinski definition) is 1. The summed E-state index contributed by atoms with van der Waals surface area (Å²) in [5.41, 5.74) is 3.27.